The molecule has 1 fully saturated rings. The number of nitrogens with zero attached hydrogens (tertiary/aromatic N) is 2. The molecule has 4 rings (SSSR count). The summed E-state index contributed by atoms with van der Waals surface area (Å²) in [6.07, 6.45) is 2.82. The minimum Gasteiger partial charge on any atom is -0.478 e. The normalized spacial score (nSPS) is 18.0. The van der Waals surface area contributed by atoms with Gasteiger partial charge in [-0.3, -0.25) is 14.4 Å². The Kier molecular flexibility index (Phi) is 6.40. The highest BCUT2D eigenvalue weighted by Gasteiger charge is 2.53. The molecule has 34 heavy (non-hydrogen) atoms. The van der Waals surface area contributed by atoms with Crippen molar-refractivity contribution >= 4 is 29.1 Å². The molecule has 1 amide bonds. The van der Waals surface area contributed by atoms with Gasteiger partial charge in [0.1, 0.15) is 17.9 Å². The summed E-state index contributed by atoms with van der Waals surface area (Å²) in [5, 5.41) is 13.0. The second kappa shape index (κ2) is 9.43. The molecule has 1 aliphatic rings. The molecule has 1 N–H and O–H groups in total. The van der Waals surface area contributed by atoms with E-state index in [1.165, 1.54) is 35.4 Å². The lowest BCUT2D eigenvalue weighted by Crippen LogP contribution is -2.43. The average molecular weight is 460 g/mol. The molecular formula is C26H24N2O6. The minimum atomic E-state index is -1.16. The summed E-state index contributed by atoms with van der Waals surface area (Å²) in [6.45, 7) is 3.94. The summed E-state index contributed by atoms with van der Waals surface area (Å²) >= 11 is 0. The highest BCUT2D eigenvalue weighted by Crippen LogP contribution is 2.38. The fourth-order valence-electron chi connectivity index (χ4n) is 4.62. The third-order valence-electron chi connectivity index (χ3n) is 6.46. The fraction of sp³-hybridized carbons (Fsp3) is 0.269. The first-order valence-corrected chi connectivity index (χ1v) is 11.1. The van der Waals surface area contributed by atoms with Crippen LogP contribution >= 0.6 is 0 Å². The van der Waals surface area contributed by atoms with Crippen LogP contribution in [0.4, 0.5) is 5.69 Å². The molecule has 0 saturated carbocycles. The van der Waals surface area contributed by atoms with Crippen LogP contribution < -0.4 is 4.90 Å². The van der Waals surface area contributed by atoms with Gasteiger partial charge >= 0.3 is 5.97 Å². The highest BCUT2D eigenvalue weighted by atomic mass is 16.5. The number of aromatic carboxylic acids is 1. The van der Waals surface area contributed by atoms with Crippen molar-refractivity contribution in [2.45, 2.75) is 32.7 Å². The largest absolute Gasteiger partial charge is 0.478 e. The third-order valence-corrected chi connectivity index (χ3v) is 6.46. The van der Waals surface area contributed by atoms with Crippen molar-refractivity contribution < 1.29 is 28.8 Å². The van der Waals surface area contributed by atoms with E-state index in [1.54, 1.807) is 30.3 Å². The van der Waals surface area contributed by atoms with E-state index in [1.807, 2.05) is 13.8 Å². The van der Waals surface area contributed by atoms with Crippen molar-refractivity contribution in [3.8, 4) is 11.3 Å². The molecule has 2 aromatic carbocycles. The van der Waals surface area contributed by atoms with Crippen LogP contribution in [0.5, 0.6) is 0 Å². The van der Waals surface area contributed by atoms with Crippen LogP contribution in [0.3, 0.4) is 0 Å². The fourth-order valence-corrected chi connectivity index (χ4v) is 4.62. The molecule has 0 spiro atoms. The lowest BCUT2D eigenvalue weighted by Gasteiger charge is -2.33. The first-order valence-electron chi connectivity index (χ1n) is 11.1. The Morgan fingerprint density at radius 1 is 0.971 bits per heavy atom. The minimum absolute atomic E-state index is 0.0377. The number of carboxylic acids is 1. The quantitative estimate of drug-likeness (QED) is 0.303. The van der Waals surface area contributed by atoms with Gasteiger partial charge in [-0.15, -0.1) is 0 Å². The van der Waals surface area contributed by atoms with Crippen molar-refractivity contribution in [1.29, 1.82) is 0 Å². The maximum Gasteiger partial charge on any atom is 0.335 e. The van der Waals surface area contributed by atoms with Gasteiger partial charge in [0.2, 0.25) is 5.78 Å². The van der Waals surface area contributed by atoms with Crippen LogP contribution in [0.1, 0.15) is 47.4 Å². The number of benzene rings is 2. The van der Waals surface area contributed by atoms with Crippen molar-refractivity contribution in [3.63, 3.8) is 0 Å². The molecule has 2 unspecified atom stereocenters. The monoisotopic (exact) mass is 460 g/mol. The topological polar surface area (TPSA) is 118 Å². The molecule has 1 saturated heterocycles. The number of carbonyl (C=O) groups excluding carboxylic acids is 3. The summed E-state index contributed by atoms with van der Waals surface area (Å²) in [5.41, 5.74) is 2.20. The van der Waals surface area contributed by atoms with Gasteiger partial charge in [0.05, 0.1) is 11.6 Å². The number of Topliss-reactive ketones (excluding diaryl/α,β-unsaturated/α-hetero) is 2. The van der Waals surface area contributed by atoms with Crippen LogP contribution in [-0.4, -0.2) is 39.7 Å². The van der Waals surface area contributed by atoms with E-state index in [-0.39, 0.29) is 17.0 Å². The average Bonchev–Trinajstić information content (AvgIpc) is 3.47. The Hall–Kier alpha value is -4.07. The zero-order valence-corrected chi connectivity index (χ0v) is 18.8. The lowest BCUT2D eigenvalue weighted by molar-refractivity contribution is -0.135. The first kappa shape index (κ1) is 23.1. The molecule has 2 heterocycles. The number of hydrogen-bond acceptors (Lipinski definition) is 6. The molecular weight excluding hydrogens is 436 g/mol. The number of carbonyl (C=O) groups is 4. The van der Waals surface area contributed by atoms with Gasteiger partial charge in [0.25, 0.3) is 5.91 Å². The SMILES string of the molecule is CCC(CC)C1C(C(=O)c2ccc(C(=O)O)cc2)C(=O)C(=O)N1c1ccc(-c2ccon2)cc1. The van der Waals surface area contributed by atoms with E-state index < -0.39 is 35.4 Å². The Bertz CT molecular complexity index is 1210. The van der Waals surface area contributed by atoms with E-state index in [0.717, 1.165) is 5.56 Å². The van der Waals surface area contributed by atoms with E-state index in [0.29, 0.717) is 24.2 Å². The standard InChI is InChI=1S/C26H24N2O6/c1-3-15(4-2)22-21(23(29)17-5-7-18(8-6-17)26(32)33)24(30)25(31)28(22)19-11-9-16(10-12-19)20-13-14-34-27-20/h5-15,21-22H,3-4H2,1-2H3,(H,32,33). The van der Waals surface area contributed by atoms with Gasteiger partial charge in [-0.2, -0.15) is 0 Å². The van der Waals surface area contributed by atoms with E-state index in [9.17, 15) is 19.2 Å². The summed E-state index contributed by atoms with van der Waals surface area (Å²) in [6, 6.07) is 13.6. The number of aromatic nitrogens is 1. The van der Waals surface area contributed by atoms with Crippen LogP contribution in [0, 0.1) is 11.8 Å². The zero-order valence-electron chi connectivity index (χ0n) is 18.8. The Morgan fingerprint density at radius 3 is 2.12 bits per heavy atom. The first-order chi connectivity index (χ1) is 16.4. The molecule has 3 aromatic rings. The number of hydrogen-bond donors (Lipinski definition) is 1. The van der Waals surface area contributed by atoms with Gasteiger partial charge in [-0.25, -0.2) is 4.79 Å². The number of amides is 1. The second-order valence-corrected chi connectivity index (χ2v) is 8.26. The maximum atomic E-state index is 13.5. The molecule has 2 atom stereocenters. The van der Waals surface area contributed by atoms with E-state index in [4.69, 9.17) is 9.63 Å². The number of carboxylic acid groups (broad SMARTS) is 1. The van der Waals surface area contributed by atoms with Crippen LogP contribution in [0.25, 0.3) is 11.3 Å². The summed E-state index contributed by atoms with van der Waals surface area (Å²) in [7, 11) is 0. The molecule has 8 nitrogen and oxygen atoms in total. The van der Waals surface area contributed by atoms with Gasteiger partial charge in [-0.05, 0) is 30.2 Å². The van der Waals surface area contributed by atoms with Crippen molar-refractivity contribution in [2.24, 2.45) is 11.8 Å². The van der Waals surface area contributed by atoms with E-state index >= 15 is 0 Å². The van der Waals surface area contributed by atoms with Gasteiger partial charge in [-0.1, -0.05) is 56.1 Å². The summed E-state index contributed by atoms with van der Waals surface area (Å²) in [4.78, 5) is 52.4. The van der Waals surface area contributed by atoms with Crippen molar-refractivity contribution in [2.75, 3.05) is 4.90 Å². The third kappa shape index (κ3) is 4.03. The molecule has 0 aliphatic carbocycles. The number of rotatable bonds is 8. The number of anilines is 1. The molecule has 0 radical (unpaired) electrons. The van der Waals surface area contributed by atoms with E-state index in [2.05, 4.69) is 5.16 Å². The molecule has 8 heteroatoms. The van der Waals surface area contributed by atoms with Gasteiger partial charge in [0.15, 0.2) is 5.78 Å². The maximum absolute atomic E-state index is 13.5. The van der Waals surface area contributed by atoms with Crippen molar-refractivity contribution in [1.82, 2.24) is 5.16 Å². The van der Waals surface area contributed by atoms with Gasteiger partial charge < -0.3 is 14.5 Å². The summed E-state index contributed by atoms with van der Waals surface area (Å²) < 4.78 is 4.88. The van der Waals surface area contributed by atoms with Crippen LogP contribution in [0.2, 0.25) is 0 Å². The van der Waals surface area contributed by atoms with Crippen molar-refractivity contribution in [3.05, 3.63) is 72.0 Å². The Morgan fingerprint density at radius 2 is 1.59 bits per heavy atom. The molecule has 1 aliphatic heterocycles. The molecule has 0 bridgehead atoms. The zero-order chi connectivity index (χ0) is 24.4. The molecule has 174 valence electrons. The number of ketones is 2. The Balaban J connectivity index is 1.72. The predicted octanol–water partition coefficient (Wildman–Crippen LogP) is 4.26. The van der Waals surface area contributed by atoms with Crippen LogP contribution in [-0.2, 0) is 9.59 Å². The van der Waals surface area contributed by atoms with Crippen LogP contribution in [0.15, 0.2) is 65.4 Å². The lowest BCUT2D eigenvalue weighted by atomic mass is 9.80. The van der Waals surface area contributed by atoms with Gasteiger partial charge in [0, 0.05) is 22.9 Å². The second-order valence-electron chi connectivity index (χ2n) is 8.26. The Labute approximate surface area is 196 Å². The highest BCUT2D eigenvalue weighted by molar-refractivity contribution is 6.49. The summed E-state index contributed by atoms with van der Waals surface area (Å²) in [5.74, 6) is -4.30. The predicted molar refractivity (Wildman–Crippen MR) is 124 cm³/mol. The molecule has 1 aromatic heterocycles. The smallest absolute Gasteiger partial charge is 0.335 e.